The number of hydrogen-bond acceptors (Lipinski definition) is 6. The molecule has 24 heavy (non-hydrogen) atoms. The van der Waals surface area contributed by atoms with Gasteiger partial charge in [-0.25, -0.2) is 9.97 Å². The Morgan fingerprint density at radius 2 is 1.92 bits per heavy atom. The summed E-state index contributed by atoms with van der Waals surface area (Å²) < 4.78 is 0. The van der Waals surface area contributed by atoms with E-state index in [9.17, 15) is 14.9 Å². The van der Waals surface area contributed by atoms with Gasteiger partial charge in [0, 0.05) is 23.1 Å². The van der Waals surface area contributed by atoms with Crippen molar-refractivity contribution in [1.29, 1.82) is 0 Å². The van der Waals surface area contributed by atoms with Crippen LogP contribution in [0.1, 0.15) is 0 Å². The normalized spacial score (nSPS) is 10.5. The molecule has 0 spiro atoms. The summed E-state index contributed by atoms with van der Waals surface area (Å²) in [6, 6.07) is 13.6. The van der Waals surface area contributed by atoms with E-state index >= 15 is 0 Å². The number of amides is 1. The predicted octanol–water partition coefficient (Wildman–Crippen LogP) is 2.10. The molecule has 1 amide bonds. The third-order valence-electron chi connectivity index (χ3n) is 3.36. The fraction of sp³-hybridized carbons (Fsp3) is 0.0625. The molecule has 0 aliphatic carbocycles. The summed E-state index contributed by atoms with van der Waals surface area (Å²) in [7, 11) is 0. The molecular formula is C16H13N5O3. The molecule has 0 atom stereocenters. The minimum absolute atomic E-state index is 0.0406. The summed E-state index contributed by atoms with van der Waals surface area (Å²) in [5, 5.41) is 14.3. The highest BCUT2D eigenvalue weighted by Crippen LogP contribution is 2.29. The van der Waals surface area contributed by atoms with Crippen molar-refractivity contribution >= 4 is 28.4 Å². The lowest BCUT2D eigenvalue weighted by molar-refractivity contribution is -0.384. The van der Waals surface area contributed by atoms with E-state index in [1.807, 2.05) is 30.3 Å². The van der Waals surface area contributed by atoms with Gasteiger partial charge in [0.05, 0.1) is 22.7 Å². The summed E-state index contributed by atoms with van der Waals surface area (Å²) in [6.07, 6.45) is 0. The maximum atomic E-state index is 11.0. The van der Waals surface area contributed by atoms with Gasteiger partial charge in [-0.05, 0) is 6.07 Å². The lowest BCUT2D eigenvalue weighted by Crippen LogP contribution is -2.22. The average Bonchev–Trinajstić information content (AvgIpc) is 2.59. The van der Waals surface area contributed by atoms with Gasteiger partial charge in [-0.2, -0.15) is 0 Å². The fourth-order valence-electron chi connectivity index (χ4n) is 2.29. The van der Waals surface area contributed by atoms with Crippen molar-refractivity contribution in [2.24, 2.45) is 5.73 Å². The SMILES string of the molecule is NC(=O)CNc1nc(-c2ccccc2)c2cc([N+](=O)[O-])ccc2n1. The number of fused-ring (bicyclic) bond motifs is 1. The molecule has 8 nitrogen and oxygen atoms in total. The Kier molecular flexibility index (Phi) is 4.02. The second kappa shape index (κ2) is 6.29. The van der Waals surface area contributed by atoms with Gasteiger partial charge in [0.1, 0.15) is 0 Å². The number of aromatic nitrogens is 2. The highest BCUT2D eigenvalue weighted by Gasteiger charge is 2.14. The molecule has 0 aliphatic rings. The standard InChI is InChI=1S/C16H13N5O3/c17-14(22)9-18-16-19-13-7-6-11(21(23)24)8-12(13)15(20-16)10-4-2-1-3-5-10/h1-8H,9H2,(H2,17,22)(H,18,19,20). The zero-order chi connectivity index (χ0) is 17.1. The molecule has 0 aliphatic heterocycles. The van der Waals surface area contributed by atoms with Crippen LogP contribution in [0.2, 0.25) is 0 Å². The first-order chi connectivity index (χ1) is 11.5. The summed E-state index contributed by atoms with van der Waals surface area (Å²) in [6.45, 7) is -0.104. The number of primary amides is 1. The van der Waals surface area contributed by atoms with E-state index in [-0.39, 0.29) is 18.2 Å². The van der Waals surface area contributed by atoms with Gasteiger partial charge in [0.2, 0.25) is 11.9 Å². The molecular weight excluding hydrogens is 310 g/mol. The Labute approximate surface area is 136 Å². The Morgan fingerprint density at radius 3 is 2.58 bits per heavy atom. The van der Waals surface area contributed by atoms with Crippen LogP contribution >= 0.6 is 0 Å². The van der Waals surface area contributed by atoms with Crippen molar-refractivity contribution in [2.45, 2.75) is 0 Å². The van der Waals surface area contributed by atoms with Crippen LogP contribution in [-0.2, 0) is 4.79 Å². The second-order valence-electron chi connectivity index (χ2n) is 5.04. The maximum absolute atomic E-state index is 11.0. The van der Waals surface area contributed by atoms with Crippen molar-refractivity contribution < 1.29 is 9.72 Å². The number of carbonyl (C=O) groups excluding carboxylic acids is 1. The number of nitro benzene ring substituents is 1. The summed E-state index contributed by atoms with van der Waals surface area (Å²) >= 11 is 0. The summed E-state index contributed by atoms with van der Waals surface area (Å²) in [4.78, 5) is 30.2. The van der Waals surface area contributed by atoms with E-state index in [2.05, 4.69) is 15.3 Å². The van der Waals surface area contributed by atoms with Crippen LogP contribution in [0, 0.1) is 10.1 Å². The van der Waals surface area contributed by atoms with Crippen molar-refractivity contribution in [2.75, 3.05) is 11.9 Å². The van der Waals surface area contributed by atoms with Gasteiger partial charge >= 0.3 is 0 Å². The number of nitro groups is 1. The quantitative estimate of drug-likeness (QED) is 0.547. The number of nitrogens with one attached hydrogen (secondary N) is 1. The zero-order valence-electron chi connectivity index (χ0n) is 12.5. The number of carbonyl (C=O) groups is 1. The molecule has 0 saturated heterocycles. The zero-order valence-corrected chi connectivity index (χ0v) is 12.5. The Hall–Kier alpha value is -3.55. The average molecular weight is 323 g/mol. The van der Waals surface area contributed by atoms with Gasteiger partial charge in [0.25, 0.3) is 5.69 Å². The molecule has 1 aromatic heterocycles. The van der Waals surface area contributed by atoms with E-state index < -0.39 is 10.8 Å². The molecule has 1 heterocycles. The van der Waals surface area contributed by atoms with Crippen LogP contribution in [0.3, 0.4) is 0 Å². The molecule has 3 rings (SSSR count). The highest BCUT2D eigenvalue weighted by atomic mass is 16.6. The van der Waals surface area contributed by atoms with Crippen LogP contribution in [0.25, 0.3) is 22.2 Å². The number of nitrogens with zero attached hydrogens (tertiary/aromatic N) is 3. The Balaban J connectivity index is 2.20. The van der Waals surface area contributed by atoms with E-state index in [0.717, 1.165) is 5.56 Å². The number of nitrogens with two attached hydrogens (primary N) is 1. The largest absolute Gasteiger partial charge is 0.368 e. The minimum Gasteiger partial charge on any atom is -0.368 e. The number of hydrogen-bond donors (Lipinski definition) is 2. The lowest BCUT2D eigenvalue weighted by atomic mass is 10.1. The van der Waals surface area contributed by atoms with Gasteiger partial charge in [-0.15, -0.1) is 0 Å². The molecule has 0 radical (unpaired) electrons. The summed E-state index contributed by atoms with van der Waals surface area (Å²) in [5.74, 6) is -0.308. The van der Waals surface area contributed by atoms with Gasteiger partial charge in [0.15, 0.2) is 0 Å². The molecule has 3 aromatic rings. The molecule has 0 unspecified atom stereocenters. The van der Waals surface area contributed by atoms with Gasteiger partial charge in [-0.3, -0.25) is 14.9 Å². The molecule has 3 N–H and O–H groups in total. The molecule has 0 bridgehead atoms. The van der Waals surface area contributed by atoms with Crippen molar-refractivity contribution in [3.63, 3.8) is 0 Å². The van der Waals surface area contributed by atoms with Crippen molar-refractivity contribution in [3.05, 3.63) is 58.6 Å². The first-order valence-electron chi connectivity index (χ1n) is 7.08. The van der Waals surface area contributed by atoms with Crippen LogP contribution in [0.5, 0.6) is 0 Å². The molecule has 0 saturated carbocycles. The van der Waals surface area contributed by atoms with Crippen LogP contribution in [-0.4, -0.2) is 27.3 Å². The molecule has 0 fully saturated rings. The minimum atomic E-state index is -0.538. The van der Waals surface area contributed by atoms with E-state index in [0.29, 0.717) is 16.6 Å². The third-order valence-corrected chi connectivity index (χ3v) is 3.36. The van der Waals surface area contributed by atoms with Crippen LogP contribution in [0.4, 0.5) is 11.6 Å². The number of anilines is 1. The van der Waals surface area contributed by atoms with E-state index in [4.69, 9.17) is 5.73 Å². The van der Waals surface area contributed by atoms with Crippen LogP contribution < -0.4 is 11.1 Å². The predicted molar refractivity (Wildman–Crippen MR) is 89.3 cm³/mol. The number of non-ortho nitro benzene ring substituents is 1. The second-order valence-corrected chi connectivity index (χ2v) is 5.04. The fourth-order valence-corrected chi connectivity index (χ4v) is 2.29. The highest BCUT2D eigenvalue weighted by molar-refractivity contribution is 5.94. The number of benzene rings is 2. The first-order valence-corrected chi connectivity index (χ1v) is 7.08. The first kappa shape index (κ1) is 15.3. The Morgan fingerprint density at radius 1 is 1.17 bits per heavy atom. The van der Waals surface area contributed by atoms with E-state index in [1.165, 1.54) is 12.1 Å². The Bertz CT molecular complexity index is 928. The van der Waals surface area contributed by atoms with Gasteiger partial charge in [-0.1, -0.05) is 30.3 Å². The van der Waals surface area contributed by atoms with E-state index in [1.54, 1.807) is 6.07 Å². The topological polar surface area (TPSA) is 124 Å². The number of rotatable bonds is 5. The van der Waals surface area contributed by atoms with Crippen molar-refractivity contribution in [3.8, 4) is 11.3 Å². The van der Waals surface area contributed by atoms with Crippen LogP contribution in [0.15, 0.2) is 48.5 Å². The van der Waals surface area contributed by atoms with Gasteiger partial charge < -0.3 is 11.1 Å². The molecule has 120 valence electrons. The lowest BCUT2D eigenvalue weighted by Gasteiger charge is -2.09. The smallest absolute Gasteiger partial charge is 0.270 e. The maximum Gasteiger partial charge on any atom is 0.270 e. The summed E-state index contributed by atoms with van der Waals surface area (Å²) in [5.41, 5.74) is 6.93. The van der Waals surface area contributed by atoms with Crippen molar-refractivity contribution in [1.82, 2.24) is 9.97 Å². The third kappa shape index (κ3) is 3.12. The molecule has 8 heteroatoms. The monoisotopic (exact) mass is 323 g/mol. The molecule has 2 aromatic carbocycles.